The number of carbonyl (C=O) groups excluding carboxylic acids is 1. The highest BCUT2D eigenvalue weighted by molar-refractivity contribution is 5.78. The van der Waals surface area contributed by atoms with Gasteiger partial charge >= 0.3 is 0 Å². The second-order valence-corrected chi connectivity index (χ2v) is 6.90. The Morgan fingerprint density at radius 2 is 1.91 bits per heavy atom. The van der Waals surface area contributed by atoms with E-state index in [1.54, 1.807) is 0 Å². The van der Waals surface area contributed by atoms with E-state index in [4.69, 9.17) is 4.98 Å². The molecular weight excluding hydrogens is 286 g/mol. The Labute approximate surface area is 139 Å². The topological polar surface area (TPSA) is 36.4 Å². The summed E-state index contributed by atoms with van der Waals surface area (Å²) in [7, 11) is 0. The molecule has 0 unspecified atom stereocenters. The smallest absolute Gasteiger partial charge is 0.237 e. The van der Waals surface area contributed by atoms with E-state index in [0.717, 1.165) is 45.4 Å². The van der Waals surface area contributed by atoms with E-state index in [1.807, 2.05) is 4.90 Å². The molecule has 0 radical (unpaired) electrons. The third-order valence-electron chi connectivity index (χ3n) is 5.38. The van der Waals surface area contributed by atoms with E-state index < -0.39 is 0 Å². The van der Waals surface area contributed by atoms with Crippen LogP contribution < -0.4 is 0 Å². The van der Waals surface area contributed by atoms with Crippen molar-refractivity contribution in [1.29, 1.82) is 0 Å². The SMILES string of the molecule is CCC(CC)c1ccc2c(n1)CCN(C(=O)CN1CCCC1)C2. The molecule has 0 saturated carbocycles. The van der Waals surface area contributed by atoms with Crippen LogP contribution >= 0.6 is 0 Å². The Balaban J connectivity index is 1.65. The first-order valence-electron chi connectivity index (χ1n) is 9.20. The second-order valence-electron chi connectivity index (χ2n) is 6.90. The van der Waals surface area contributed by atoms with Crippen LogP contribution in [0.15, 0.2) is 12.1 Å². The van der Waals surface area contributed by atoms with Gasteiger partial charge in [-0.15, -0.1) is 0 Å². The van der Waals surface area contributed by atoms with Gasteiger partial charge in [-0.3, -0.25) is 14.7 Å². The quantitative estimate of drug-likeness (QED) is 0.838. The van der Waals surface area contributed by atoms with Gasteiger partial charge in [0.15, 0.2) is 0 Å². The van der Waals surface area contributed by atoms with Gasteiger partial charge in [0.2, 0.25) is 5.91 Å². The molecule has 0 aromatic carbocycles. The van der Waals surface area contributed by atoms with E-state index in [1.165, 1.54) is 29.8 Å². The summed E-state index contributed by atoms with van der Waals surface area (Å²) >= 11 is 0. The predicted octanol–water partition coefficient (Wildman–Crippen LogP) is 2.97. The Morgan fingerprint density at radius 3 is 2.61 bits per heavy atom. The maximum atomic E-state index is 12.5. The van der Waals surface area contributed by atoms with Crippen molar-refractivity contribution in [3.63, 3.8) is 0 Å². The molecule has 0 atom stereocenters. The fraction of sp³-hybridized carbons (Fsp3) is 0.684. The molecule has 4 nitrogen and oxygen atoms in total. The molecule has 1 aromatic heterocycles. The molecule has 3 heterocycles. The highest BCUT2D eigenvalue weighted by Crippen LogP contribution is 2.25. The molecule has 0 spiro atoms. The van der Waals surface area contributed by atoms with E-state index in [9.17, 15) is 4.79 Å². The minimum atomic E-state index is 0.279. The van der Waals surface area contributed by atoms with Crippen molar-refractivity contribution in [3.8, 4) is 0 Å². The molecule has 4 heteroatoms. The Bertz CT molecular complexity index is 548. The Hall–Kier alpha value is -1.42. The molecule has 0 bridgehead atoms. The molecule has 1 saturated heterocycles. The van der Waals surface area contributed by atoms with Crippen LogP contribution in [0.25, 0.3) is 0 Å². The lowest BCUT2D eigenvalue weighted by atomic mass is 9.96. The van der Waals surface area contributed by atoms with Crippen LogP contribution in [-0.2, 0) is 17.8 Å². The first kappa shape index (κ1) is 16.4. The molecule has 2 aliphatic heterocycles. The van der Waals surface area contributed by atoms with Crippen molar-refractivity contribution in [3.05, 3.63) is 29.1 Å². The van der Waals surface area contributed by atoms with Crippen LogP contribution in [0, 0.1) is 0 Å². The van der Waals surface area contributed by atoms with Gasteiger partial charge in [-0.05, 0) is 50.4 Å². The van der Waals surface area contributed by atoms with Crippen molar-refractivity contribution < 1.29 is 4.79 Å². The lowest BCUT2D eigenvalue weighted by Crippen LogP contribution is -2.42. The van der Waals surface area contributed by atoms with Crippen LogP contribution in [0.2, 0.25) is 0 Å². The minimum Gasteiger partial charge on any atom is -0.337 e. The standard InChI is InChI=1S/C19H29N3O/c1-3-15(4-2)17-8-7-16-13-22(12-9-18(16)20-17)19(23)14-21-10-5-6-11-21/h7-8,15H,3-6,9-14H2,1-2H3. The summed E-state index contributed by atoms with van der Waals surface area (Å²) in [6.07, 6.45) is 5.65. The van der Waals surface area contributed by atoms with Gasteiger partial charge in [-0.1, -0.05) is 19.9 Å². The zero-order chi connectivity index (χ0) is 16.2. The van der Waals surface area contributed by atoms with Crippen LogP contribution in [0.5, 0.6) is 0 Å². The molecule has 0 N–H and O–H groups in total. The molecule has 1 amide bonds. The number of aromatic nitrogens is 1. The normalized spacial score (nSPS) is 18.5. The van der Waals surface area contributed by atoms with Crippen LogP contribution in [0.1, 0.15) is 62.4 Å². The monoisotopic (exact) mass is 315 g/mol. The van der Waals surface area contributed by atoms with E-state index in [0.29, 0.717) is 12.5 Å². The summed E-state index contributed by atoms with van der Waals surface area (Å²) < 4.78 is 0. The van der Waals surface area contributed by atoms with E-state index in [-0.39, 0.29) is 5.91 Å². The first-order valence-corrected chi connectivity index (χ1v) is 9.20. The van der Waals surface area contributed by atoms with Crippen molar-refractivity contribution >= 4 is 5.91 Å². The first-order chi connectivity index (χ1) is 11.2. The Morgan fingerprint density at radius 1 is 1.17 bits per heavy atom. The second kappa shape index (κ2) is 7.43. The van der Waals surface area contributed by atoms with Crippen molar-refractivity contribution in [1.82, 2.24) is 14.8 Å². The molecule has 126 valence electrons. The molecular formula is C19H29N3O. The predicted molar refractivity (Wildman–Crippen MR) is 92.4 cm³/mol. The fourth-order valence-corrected chi connectivity index (χ4v) is 3.81. The highest BCUT2D eigenvalue weighted by atomic mass is 16.2. The molecule has 0 aliphatic carbocycles. The maximum Gasteiger partial charge on any atom is 0.237 e. The number of pyridine rings is 1. The molecule has 2 aliphatic rings. The number of hydrogen-bond donors (Lipinski definition) is 0. The summed E-state index contributed by atoms with van der Waals surface area (Å²) in [5.41, 5.74) is 3.67. The van der Waals surface area contributed by atoms with Gasteiger partial charge in [0.1, 0.15) is 0 Å². The lowest BCUT2D eigenvalue weighted by Gasteiger charge is -2.30. The molecule has 1 aromatic rings. The number of amides is 1. The third kappa shape index (κ3) is 3.74. The van der Waals surface area contributed by atoms with Crippen LogP contribution in [0.4, 0.5) is 0 Å². The summed E-state index contributed by atoms with van der Waals surface area (Å²) in [5.74, 6) is 0.844. The van der Waals surface area contributed by atoms with Crippen molar-refractivity contribution in [2.45, 2.75) is 58.4 Å². The number of rotatable bonds is 5. The average Bonchev–Trinajstić information content (AvgIpc) is 3.08. The number of hydrogen-bond acceptors (Lipinski definition) is 3. The zero-order valence-electron chi connectivity index (χ0n) is 14.6. The van der Waals surface area contributed by atoms with Gasteiger partial charge in [-0.25, -0.2) is 0 Å². The molecule has 23 heavy (non-hydrogen) atoms. The molecule has 1 fully saturated rings. The van der Waals surface area contributed by atoms with Crippen LogP contribution in [-0.4, -0.2) is 46.9 Å². The third-order valence-corrected chi connectivity index (χ3v) is 5.38. The zero-order valence-corrected chi connectivity index (χ0v) is 14.6. The number of likely N-dealkylation sites (tertiary alicyclic amines) is 1. The number of nitrogens with zero attached hydrogens (tertiary/aromatic N) is 3. The maximum absolute atomic E-state index is 12.5. The summed E-state index contributed by atoms with van der Waals surface area (Å²) in [4.78, 5) is 21.7. The molecule has 3 rings (SSSR count). The number of carbonyl (C=O) groups is 1. The average molecular weight is 315 g/mol. The van der Waals surface area contributed by atoms with E-state index >= 15 is 0 Å². The van der Waals surface area contributed by atoms with Gasteiger partial charge in [0.25, 0.3) is 0 Å². The Kier molecular flexibility index (Phi) is 5.31. The lowest BCUT2D eigenvalue weighted by molar-refractivity contribution is -0.133. The largest absolute Gasteiger partial charge is 0.337 e. The van der Waals surface area contributed by atoms with Crippen molar-refractivity contribution in [2.75, 3.05) is 26.2 Å². The van der Waals surface area contributed by atoms with E-state index in [2.05, 4.69) is 30.9 Å². The van der Waals surface area contributed by atoms with Crippen LogP contribution in [0.3, 0.4) is 0 Å². The van der Waals surface area contributed by atoms with Gasteiger partial charge < -0.3 is 4.90 Å². The number of fused-ring (bicyclic) bond motifs is 1. The highest BCUT2D eigenvalue weighted by Gasteiger charge is 2.24. The summed E-state index contributed by atoms with van der Waals surface area (Å²) in [6.45, 7) is 8.76. The van der Waals surface area contributed by atoms with Gasteiger partial charge in [0, 0.05) is 36.8 Å². The van der Waals surface area contributed by atoms with Gasteiger partial charge in [0.05, 0.1) is 6.54 Å². The van der Waals surface area contributed by atoms with Crippen molar-refractivity contribution in [2.24, 2.45) is 0 Å². The minimum absolute atomic E-state index is 0.279. The fourth-order valence-electron chi connectivity index (χ4n) is 3.81. The van der Waals surface area contributed by atoms with Gasteiger partial charge in [-0.2, -0.15) is 0 Å². The summed E-state index contributed by atoms with van der Waals surface area (Å²) in [5, 5.41) is 0. The summed E-state index contributed by atoms with van der Waals surface area (Å²) in [6, 6.07) is 4.37.